The van der Waals surface area contributed by atoms with Crippen LogP contribution in [0.1, 0.15) is 13.3 Å². The first-order valence-corrected chi connectivity index (χ1v) is 5.71. The predicted octanol–water partition coefficient (Wildman–Crippen LogP) is 2.41. The van der Waals surface area contributed by atoms with Crippen molar-refractivity contribution in [2.24, 2.45) is 0 Å². The molecule has 0 N–H and O–H groups in total. The monoisotopic (exact) mass is 252 g/mol. The Morgan fingerprint density at radius 2 is 2.24 bits per heavy atom. The van der Waals surface area contributed by atoms with Crippen molar-refractivity contribution in [3.05, 3.63) is 23.9 Å². The largest absolute Gasteiger partial charge is 0.491 e. The lowest BCUT2D eigenvalue weighted by Crippen LogP contribution is -1.96. The topological polar surface area (TPSA) is 52.8 Å². The standard InChI is InChI=1S/C11H13ClN4O/c1-3-4-16-6-8(5-15-16)9-10(17-2)11(12)14-7-13-9/h5-7H,3-4H2,1-2H3. The quantitative estimate of drug-likeness (QED) is 0.784. The van der Waals surface area contributed by atoms with Crippen molar-refractivity contribution in [2.45, 2.75) is 19.9 Å². The Balaban J connectivity index is 2.41. The Hall–Kier alpha value is -1.62. The number of hydrogen-bond donors (Lipinski definition) is 0. The number of halogens is 1. The van der Waals surface area contributed by atoms with Gasteiger partial charge in [-0.1, -0.05) is 18.5 Å². The molecule has 0 amide bonds. The average molecular weight is 253 g/mol. The van der Waals surface area contributed by atoms with E-state index in [-0.39, 0.29) is 0 Å². The summed E-state index contributed by atoms with van der Waals surface area (Å²) in [6.07, 6.45) is 6.11. The van der Waals surface area contributed by atoms with Gasteiger partial charge in [-0.3, -0.25) is 4.68 Å². The zero-order valence-corrected chi connectivity index (χ0v) is 10.5. The average Bonchev–Trinajstić information content (AvgIpc) is 2.78. The van der Waals surface area contributed by atoms with Gasteiger partial charge in [-0.15, -0.1) is 0 Å². The van der Waals surface area contributed by atoms with Crippen molar-refractivity contribution in [3.8, 4) is 17.0 Å². The minimum Gasteiger partial charge on any atom is -0.491 e. The van der Waals surface area contributed by atoms with Crippen LogP contribution in [-0.4, -0.2) is 26.9 Å². The van der Waals surface area contributed by atoms with E-state index in [9.17, 15) is 0 Å². The molecule has 90 valence electrons. The summed E-state index contributed by atoms with van der Waals surface area (Å²) in [5.41, 5.74) is 1.54. The molecule has 0 bridgehead atoms. The Bertz CT molecular complexity index is 512. The van der Waals surface area contributed by atoms with Crippen molar-refractivity contribution < 1.29 is 4.74 Å². The van der Waals surface area contributed by atoms with Gasteiger partial charge in [-0.05, 0) is 6.42 Å². The van der Waals surface area contributed by atoms with Gasteiger partial charge in [0, 0.05) is 18.3 Å². The van der Waals surface area contributed by atoms with Crippen LogP contribution in [0.4, 0.5) is 0 Å². The summed E-state index contributed by atoms with van der Waals surface area (Å²) in [5, 5.41) is 4.55. The van der Waals surface area contributed by atoms with E-state index >= 15 is 0 Å². The van der Waals surface area contributed by atoms with E-state index in [0.29, 0.717) is 16.6 Å². The van der Waals surface area contributed by atoms with Crippen LogP contribution in [0.15, 0.2) is 18.7 Å². The zero-order chi connectivity index (χ0) is 12.3. The maximum atomic E-state index is 5.94. The Kier molecular flexibility index (Phi) is 3.58. The molecular weight excluding hydrogens is 240 g/mol. The summed E-state index contributed by atoms with van der Waals surface area (Å²) in [5.74, 6) is 0.477. The molecule has 0 aromatic carbocycles. The second-order valence-electron chi connectivity index (χ2n) is 3.54. The van der Waals surface area contributed by atoms with Crippen LogP contribution in [0.2, 0.25) is 5.15 Å². The molecule has 0 atom stereocenters. The molecule has 2 aromatic heterocycles. The summed E-state index contributed by atoms with van der Waals surface area (Å²) in [4.78, 5) is 8.06. The molecular formula is C11H13ClN4O. The second kappa shape index (κ2) is 5.14. The SMILES string of the molecule is CCCn1cc(-c2ncnc(Cl)c2OC)cn1. The highest BCUT2D eigenvalue weighted by atomic mass is 35.5. The van der Waals surface area contributed by atoms with Crippen molar-refractivity contribution in [1.29, 1.82) is 0 Å². The van der Waals surface area contributed by atoms with Crippen LogP contribution in [-0.2, 0) is 6.54 Å². The highest BCUT2D eigenvalue weighted by Gasteiger charge is 2.13. The third-order valence-electron chi connectivity index (χ3n) is 2.32. The van der Waals surface area contributed by atoms with Gasteiger partial charge in [0.05, 0.1) is 13.3 Å². The zero-order valence-electron chi connectivity index (χ0n) is 9.72. The van der Waals surface area contributed by atoms with E-state index in [2.05, 4.69) is 22.0 Å². The fourth-order valence-electron chi connectivity index (χ4n) is 1.58. The van der Waals surface area contributed by atoms with Gasteiger partial charge in [0.2, 0.25) is 0 Å². The molecule has 2 rings (SSSR count). The maximum Gasteiger partial charge on any atom is 0.182 e. The number of nitrogens with zero attached hydrogens (tertiary/aromatic N) is 4. The van der Waals surface area contributed by atoms with Crippen molar-refractivity contribution in [2.75, 3.05) is 7.11 Å². The molecule has 0 saturated carbocycles. The molecule has 6 heteroatoms. The molecule has 0 unspecified atom stereocenters. The molecule has 0 fully saturated rings. The van der Waals surface area contributed by atoms with E-state index < -0.39 is 0 Å². The first-order chi connectivity index (χ1) is 8.26. The summed E-state index contributed by atoms with van der Waals surface area (Å²) in [6, 6.07) is 0. The minimum atomic E-state index is 0.306. The van der Waals surface area contributed by atoms with Crippen molar-refractivity contribution in [3.63, 3.8) is 0 Å². The summed E-state index contributed by atoms with van der Waals surface area (Å²) in [6.45, 7) is 2.98. The molecule has 2 aromatic rings. The minimum absolute atomic E-state index is 0.306. The van der Waals surface area contributed by atoms with Gasteiger partial charge >= 0.3 is 0 Å². The highest BCUT2D eigenvalue weighted by molar-refractivity contribution is 6.31. The summed E-state index contributed by atoms with van der Waals surface area (Å²) in [7, 11) is 1.55. The first kappa shape index (κ1) is 11.9. The molecule has 0 saturated heterocycles. The Labute approximate surface area is 104 Å². The van der Waals surface area contributed by atoms with E-state index in [1.807, 2.05) is 10.9 Å². The third kappa shape index (κ3) is 2.39. The normalized spacial score (nSPS) is 10.5. The Morgan fingerprint density at radius 3 is 2.94 bits per heavy atom. The fraction of sp³-hybridized carbons (Fsp3) is 0.364. The second-order valence-corrected chi connectivity index (χ2v) is 3.90. The first-order valence-electron chi connectivity index (χ1n) is 5.33. The van der Waals surface area contributed by atoms with Crippen LogP contribution in [0.25, 0.3) is 11.3 Å². The number of rotatable bonds is 4. The van der Waals surface area contributed by atoms with Gasteiger partial charge in [0.1, 0.15) is 12.0 Å². The lowest BCUT2D eigenvalue weighted by molar-refractivity contribution is 0.413. The van der Waals surface area contributed by atoms with Crippen LogP contribution in [0.3, 0.4) is 0 Å². The van der Waals surface area contributed by atoms with Gasteiger partial charge in [0.25, 0.3) is 0 Å². The lowest BCUT2D eigenvalue weighted by Gasteiger charge is -2.05. The van der Waals surface area contributed by atoms with Crippen molar-refractivity contribution >= 4 is 11.6 Å². The molecule has 0 radical (unpaired) electrons. The number of ether oxygens (including phenoxy) is 1. The molecule has 17 heavy (non-hydrogen) atoms. The number of methoxy groups -OCH3 is 1. The molecule has 0 aliphatic rings. The predicted molar refractivity (Wildman–Crippen MR) is 65.1 cm³/mol. The molecule has 0 aliphatic carbocycles. The number of aryl methyl sites for hydroxylation is 1. The fourth-order valence-corrected chi connectivity index (χ4v) is 1.79. The van der Waals surface area contributed by atoms with Gasteiger partial charge in [-0.2, -0.15) is 5.10 Å². The van der Waals surface area contributed by atoms with E-state index in [1.54, 1.807) is 13.3 Å². The number of aromatic nitrogens is 4. The third-order valence-corrected chi connectivity index (χ3v) is 2.59. The van der Waals surface area contributed by atoms with Crippen LogP contribution in [0.5, 0.6) is 5.75 Å². The van der Waals surface area contributed by atoms with Crippen molar-refractivity contribution in [1.82, 2.24) is 19.7 Å². The molecule has 0 spiro atoms. The smallest absolute Gasteiger partial charge is 0.182 e. The van der Waals surface area contributed by atoms with Gasteiger partial charge in [-0.25, -0.2) is 9.97 Å². The highest BCUT2D eigenvalue weighted by Crippen LogP contribution is 2.31. The van der Waals surface area contributed by atoms with Crippen LogP contribution < -0.4 is 4.74 Å². The van der Waals surface area contributed by atoms with E-state index in [4.69, 9.17) is 16.3 Å². The molecule has 0 aliphatic heterocycles. The van der Waals surface area contributed by atoms with Crippen LogP contribution >= 0.6 is 11.6 Å². The summed E-state index contributed by atoms with van der Waals surface area (Å²) >= 11 is 5.94. The Morgan fingerprint density at radius 1 is 1.41 bits per heavy atom. The molecule has 5 nitrogen and oxygen atoms in total. The number of hydrogen-bond acceptors (Lipinski definition) is 4. The summed E-state index contributed by atoms with van der Waals surface area (Å²) < 4.78 is 7.07. The molecule has 2 heterocycles. The van der Waals surface area contributed by atoms with E-state index in [1.165, 1.54) is 6.33 Å². The van der Waals surface area contributed by atoms with E-state index in [0.717, 1.165) is 18.5 Å². The lowest BCUT2D eigenvalue weighted by atomic mass is 10.2. The van der Waals surface area contributed by atoms with Gasteiger partial charge < -0.3 is 4.74 Å². The maximum absolute atomic E-state index is 5.94. The van der Waals surface area contributed by atoms with Crippen LogP contribution in [0, 0.1) is 0 Å². The van der Waals surface area contributed by atoms with Gasteiger partial charge in [0.15, 0.2) is 10.9 Å².